The highest BCUT2D eigenvalue weighted by atomic mass is 15.1. The van der Waals surface area contributed by atoms with Crippen LogP contribution in [0.15, 0.2) is 36.9 Å². The Labute approximate surface area is 103 Å². The van der Waals surface area contributed by atoms with Crippen molar-refractivity contribution in [2.45, 2.75) is 12.5 Å². The smallest absolute Gasteiger partial charge is 0.129 e. The summed E-state index contributed by atoms with van der Waals surface area (Å²) in [6, 6.07) is 10.3. The molecule has 3 nitrogen and oxygen atoms in total. The van der Waals surface area contributed by atoms with Gasteiger partial charge in [0.1, 0.15) is 5.54 Å². The lowest BCUT2D eigenvalue weighted by Gasteiger charge is -2.24. The first-order valence-corrected chi connectivity index (χ1v) is 5.58. The summed E-state index contributed by atoms with van der Waals surface area (Å²) in [6.45, 7) is 6.14. The molecule has 0 aromatic heterocycles. The fourth-order valence-corrected chi connectivity index (χ4v) is 1.58. The van der Waals surface area contributed by atoms with E-state index in [4.69, 9.17) is 0 Å². The molecule has 0 heterocycles. The molecule has 1 N–H and O–H groups in total. The molecule has 17 heavy (non-hydrogen) atoms. The third-order valence-corrected chi connectivity index (χ3v) is 2.78. The zero-order chi connectivity index (χ0) is 12.9. The summed E-state index contributed by atoms with van der Waals surface area (Å²) in [5, 5.41) is 12.5. The maximum Gasteiger partial charge on any atom is 0.129 e. The Morgan fingerprint density at radius 2 is 2.00 bits per heavy atom. The molecular formula is C14H19N3. The van der Waals surface area contributed by atoms with Crippen LogP contribution in [0.4, 0.5) is 5.69 Å². The fraction of sp³-hybridized carbons (Fsp3) is 0.357. The van der Waals surface area contributed by atoms with Crippen LogP contribution < -0.4 is 10.2 Å². The second-order valence-corrected chi connectivity index (χ2v) is 4.35. The molecule has 0 bridgehead atoms. The van der Waals surface area contributed by atoms with Crippen LogP contribution in [-0.2, 0) is 5.54 Å². The molecule has 0 aliphatic heterocycles. The first-order valence-electron chi connectivity index (χ1n) is 5.58. The number of benzene rings is 1. The van der Waals surface area contributed by atoms with Gasteiger partial charge in [0, 0.05) is 26.3 Å². The van der Waals surface area contributed by atoms with Crippen LogP contribution in [0.2, 0.25) is 0 Å². The molecule has 0 amide bonds. The minimum atomic E-state index is -0.668. The first kappa shape index (κ1) is 13.3. The fourth-order valence-electron chi connectivity index (χ4n) is 1.58. The molecule has 0 aliphatic rings. The summed E-state index contributed by atoms with van der Waals surface area (Å²) in [4.78, 5) is 2.03. The van der Waals surface area contributed by atoms with Crippen LogP contribution in [0.1, 0.15) is 12.5 Å². The van der Waals surface area contributed by atoms with Crippen molar-refractivity contribution in [3.8, 4) is 6.07 Å². The van der Waals surface area contributed by atoms with Crippen LogP contribution in [0.5, 0.6) is 0 Å². The number of rotatable bonds is 5. The van der Waals surface area contributed by atoms with Crippen molar-refractivity contribution < 1.29 is 0 Å². The van der Waals surface area contributed by atoms with Gasteiger partial charge in [-0.05, 0) is 24.6 Å². The van der Waals surface area contributed by atoms with E-state index in [9.17, 15) is 5.26 Å². The van der Waals surface area contributed by atoms with E-state index in [0.717, 1.165) is 11.3 Å². The third-order valence-electron chi connectivity index (χ3n) is 2.78. The molecule has 1 rings (SSSR count). The topological polar surface area (TPSA) is 39.1 Å². The molecular weight excluding hydrogens is 210 g/mol. The predicted octanol–water partition coefficient (Wildman–Crippen LogP) is 2.27. The van der Waals surface area contributed by atoms with Crippen molar-refractivity contribution >= 4 is 5.69 Å². The van der Waals surface area contributed by atoms with Crippen LogP contribution in [0, 0.1) is 11.3 Å². The zero-order valence-electron chi connectivity index (χ0n) is 10.7. The standard InChI is InChI=1S/C14H19N3/c1-5-10-16-14(2,11-15)12-6-8-13(9-7-12)17(3)4/h5-9,16H,1,10H2,2-4H3. The average Bonchev–Trinajstić information content (AvgIpc) is 2.36. The normalized spacial score (nSPS) is 13.5. The van der Waals surface area contributed by atoms with Crippen LogP contribution in [0.3, 0.4) is 0 Å². The average molecular weight is 229 g/mol. The maximum atomic E-state index is 9.29. The second-order valence-electron chi connectivity index (χ2n) is 4.35. The minimum Gasteiger partial charge on any atom is -0.378 e. The Hall–Kier alpha value is -1.79. The highest BCUT2D eigenvalue weighted by Crippen LogP contribution is 2.22. The van der Waals surface area contributed by atoms with E-state index in [1.54, 1.807) is 6.08 Å². The minimum absolute atomic E-state index is 0.611. The van der Waals surface area contributed by atoms with E-state index >= 15 is 0 Å². The number of nitrogens with one attached hydrogen (secondary N) is 1. The molecule has 0 aliphatic carbocycles. The van der Waals surface area contributed by atoms with E-state index < -0.39 is 5.54 Å². The molecule has 0 spiro atoms. The molecule has 0 fully saturated rings. The highest BCUT2D eigenvalue weighted by Gasteiger charge is 2.24. The van der Waals surface area contributed by atoms with Crippen LogP contribution >= 0.6 is 0 Å². The summed E-state index contributed by atoms with van der Waals surface area (Å²) in [6.07, 6.45) is 1.75. The summed E-state index contributed by atoms with van der Waals surface area (Å²) in [7, 11) is 3.99. The van der Waals surface area contributed by atoms with Crippen molar-refractivity contribution in [3.63, 3.8) is 0 Å². The molecule has 1 unspecified atom stereocenters. The Balaban J connectivity index is 2.97. The third kappa shape index (κ3) is 3.08. The largest absolute Gasteiger partial charge is 0.378 e. The number of hydrogen-bond donors (Lipinski definition) is 1. The Bertz CT molecular complexity index is 414. The van der Waals surface area contributed by atoms with E-state index in [1.165, 1.54) is 0 Å². The monoisotopic (exact) mass is 229 g/mol. The molecule has 0 saturated heterocycles. The molecule has 0 saturated carbocycles. The molecule has 1 atom stereocenters. The number of nitrogens with zero attached hydrogens (tertiary/aromatic N) is 2. The summed E-state index contributed by atoms with van der Waals surface area (Å²) >= 11 is 0. The van der Waals surface area contributed by atoms with Crippen molar-refractivity contribution in [1.29, 1.82) is 5.26 Å². The molecule has 90 valence electrons. The maximum absolute atomic E-state index is 9.29. The van der Waals surface area contributed by atoms with E-state index in [2.05, 4.69) is 18.0 Å². The van der Waals surface area contributed by atoms with Crippen LogP contribution in [0.25, 0.3) is 0 Å². The quantitative estimate of drug-likeness (QED) is 0.787. The van der Waals surface area contributed by atoms with Gasteiger partial charge in [-0.15, -0.1) is 6.58 Å². The van der Waals surface area contributed by atoms with E-state index in [-0.39, 0.29) is 0 Å². The predicted molar refractivity (Wildman–Crippen MR) is 71.9 cm³/mol. The van der Waals surface area contributed by atoms with Crippen molar-refractivity contribution in [2.75, 3.05) is 25.5 Å². The lowest BCUT2D eigenvalue weighted by molar-refractivity contribution is 0.494. The van der Waals surface area contributed by atoms with Crippen LogP contribution in [-0.4, -0.2) is 20.6 Å². The SMILES string of the molecule is C=CCNC(C)(C#N)c1ccc(N(C)C)cc1. The Morgan fingerprint density at radius 3 is 2.41 bits per heavy atom. The summed E-state index contributed by atoms with van der Waals surface area (Å²) < 4.78 is 0. The van der Waals surface area contributed by atoms with E-state index in [0.29, 0.717) is 6.54 Å². The summed E-state index contributed by atoms with van der Waals surface area (Å²) in [5.74, 6) is 0. The van der Waals surface area contributed by atoms with Crippen molar-refractivity contribution in [1.82, 2.24) is 5.32 Å². The lowest BCUT2D eigenvalue weighted by atomic mass is 9.93. The first-order chi connectivity index (χ1) is 8.03. The number of nitriles is 1. The van der Waals surface area contributed by atoms with Gasteiger partial charge in [0.15, 0.2) is 0 Å². The van der Waals surface area contributed by atoms with Crippen molar-refractivity contribution in [3.05, 3.63) is 42.5 Å². The molecule has 3 heteroatoms. The van der Waals surface area contributed by atoms with Gasteiger partial charge in [-0.3, -0.25) is 5.32 Å². The zero-order valence-corrected chi connectivity index (χ0v) is 10.7. The molecule has 0 radical (unpaired) electrons. The Kier molecular flexibility index (Phi) is 4.30. The van der Waals surface area contributed by atoms with Gasteiger partial charge in [-0.2, -0.15) is 5.26 Å². The van der Waals surface area contributed by atoms with E-state index in [1.807, 2.05) is 50.2 Å². The molecule has 1 aromatic carbocycles. The lowest BCUT2D eigenvalue weighted by Crippen LogP contribution is -2.38. The highest BCUT2D eigenvalue weighted by molar-refractivity contribution is 5.48. The van der Waals surface area contributed by atoms with Gasteiger partial charge in [-0.25, -0.2) is 0 Å². The van der Waals surface area contributed by atoms with Gasteiger partial charge in [0.05, 0.1) is 6.07 Å². The van der Waals surface area contributed by atoms with Crippen molar-refractivity contribution in [2.24, 2.45) is 0 Å². The van der Waals surface area contributed by atoms with Gasteiger partial charge in [-0.1, -0.05) is 18.2 Å². The number of hydrogen-bond acceptors (Lipinski definition) is 3. The van der Waals surface area contributed by atoms with Gasteiger partial charge in [0.25, 0.3) is 0 Å². The number of anilines is 1. The molecule has 1 aromatic rings. The van der Waals surface area contributed by atoms with Gasteiger partial charge in [0.2, 0.25) is 0 Å². The second kappa shape index (κ2) is 5.51. The van der Waals surface area contributed by atoms with Gasteiger partial charge < -0.3 is 4.90 Å². The summed E-state index contributed by atoms with van der Waals surface area (Å²) in [5.41, 5.74) is 1.42. The van der Waals surface area contributed by atoms with Gasteiger partial charge >= 0.3 is 0 Å². The Morgan fingerprint density at radius 1 is 1.41 bits per heavy atom.